The van der Waals surface area contributed by atoms with Gasteiger partial charge in [-0.3, -0.25) is 0 Å². The molecular weight excluding hydrogens is 882 g/mol. The van der Waals surface area contributed by atoms with Crippen molar-refractivity contribution in [2.75, 3.05) is 0 Å². The SMILES string of the molecule is CCCCCCCCCCCCCCCCCCCC[Si]1(CCCCCCCCCCCCCCCCCCCC)c2cc(B3OC(C)(C)C(C)(C)O3)ccc2-c2ccc(B3OC(C)(C)C(C)(C)O3)cc21. The van der Waals surface area contributed by atoms with Gasteiger partial charge in [0.2, 0.25) is 0 Å². The molecule has 0 spiro atoms. The van der Waals surface area contributed by atoms with Crippen LogP contribution < -0.4 is 21.3 Å². The van der Waals surface area contributed by atoms with E-state index in [1.54, 1.807) is 10.4 Å². The summed E-state index contributed by atoms with van der Waals surface area (Å²) in [5.74, 6) is 0. The fourth-order valence-corrected chi connectivity index (χ4v) is 17.8. The molecule has 2 fully saturated rings. The first-order chi connectivity index (χ1) is 34.2. The molecule has 0 aromatic heterocycles. The van der Waals surface area contributed by atoms with Gasteiger partial charge in [0, 0.05) is 0 Å². The van der Waals surface area contributed by atoms with Crippen molar-refractivity contribution in [2.24, 2.45) is 0 Å². The van der Waals surface area contributed by atoms with E-state index in [0.717, 1.165) is 0 Å². The number of rotatable bonds is 40. The molecule has 0 aliphatic carbocycles. The first-order valence-electron chi connectivity index (χ1n) is 31.2. The Labute approximate surface area is 442 Å². The highest BCUT2D eigenvalue weighted by Crippen LogP contribution is 2.40. The second kappa shape index (κ2) is 31.0. The van der Waals surface area contributed by atoms with E-state index in [9.17, 15) is 0 Å². The van der Waals surface area contributed by atoms with Crippen molar-refractivity contribution in [2.45, 2.75) is 335 Å². The number of fused-ring (bicyclic) bond motifs is 3. The van der Waals surface area contributed by atoms with Crippen LogP contribution in [0.2, 0.25) is 12.1 Å². The van der Waals surface area contributed by atoms with E-state index >= 15 is 0 Å². The molecule has 0 amide bonds. The van der Waals surface area contributed by atoms with Gasteiger partial charge in [-0.1, -0.05) is 281 Å². The van der Waals surface area contributed by atoms with Crippen LogP contribution in [0.5, 0.6) is 0 Å². The van der Waals surface area contributed by atoms with E-state index in [-0.39, 0.29) is 36.6 Å². The summed E-state index contributed by atoms with van der Waals surface area (Å²) < 4.78 is 27.0. The van der Waals surface area contributed by atoms with Gasteiger partial charge in [0.15, 0.2) is 0 Å². The maximum Gasteiger partial charge on any atom is 0.494 e. The van der Waals surface area contributed by atoms with Crippen LogP contribution in [0.3, 0.4) is 0 Å². The fraction of sp³-hybridized carbons (Fsp3) is 0.812. The molecule has 71 heavy (non-hydrogen) atoms. The van der Waals surface area contributed by atoms with Crippen molar-refractivity contribution in [3.63, 3.8) is 0 Å². The van der Waals surface area contributed by atoms with Crippen LogP contribution >= 0.6 is 0 Å². The maximum absolute atomic E-state index is 6.74. The van der Waals surface area contributed by atoms with Gasteiger partial charge >= 0.3 is 14.2 Å². The lowest BCUT2D eigenvalue weighted by Crippen LogP contribution is -2.57. The predicted molar refractivity (Wildman–Crippen MR) is 316 cm³/mol. The Morgan fingerprint density at radius 3 is 0.746 bits per heavy atom. The maximum atomic E-state index is 6.74. The van der Waals surface area contributed by atoms with Gasteiger partial charge in [-0.15, -0.1) is 0 Å². The highest BCUT2D eigenvalue weighted by Gasteiger charge is 2.54. The Morgan fingerprint density at radius 2 is 0.521 bits per heavy atom. The Morgan fingerprint density at radius 1 is 0.310 bits per heavy atom. The third-order valence-corrected chi connectivity index (χ3v) is 23.7. The normalized spacial score (nSPS) is 18.2. The molecule has 0 unspecified atom stereocenters. The fourth-order valence-electron chi connectivity index (χ4n) is 12.1. The van der Waals surface area contributed by atoms with E-state index in [1.807, 2.05) is 0 Å². The molecule has 2 saturated heterocycles. The summed E-state index contributed by atoms with van der Waals surface area (Å²) in [6.07, 6.45) is 50.9. The second-order valence-electron chi connectivity index (χ2n) is 25.4. The molecule has 402 valence electrons. The molecule has 2 aromatic carbocycles. The topological polar surface area (TPSA) is 36.9 Å². The summed E-state index contributed by atoms with van der Waals surface area (Å²) >= 11 is 0. The molecule has 3 aliphatic rings. The third kappa shape index (κ3) is 18.4. The number of hydrogen-bond donors (Lipinski definition) is 0. The van der Waals surface area contributed by atoms with E-state index in [0.29, 0.717) is 0 Å². The summed E-state index contributed by atoms with van der Waals surface area (Å²) in [5.41, 5.74) is 3.81. The second-order valence-corrected chi connectivity index (χ2v) is 29.6. The Balaban J connectivity index is 1.19. The molecule has 0 N–H and O–H groups in total. The minimum absolute atomic E-state index is 0.351. The first-order valence-corrected chi connectivity index (χ1v) is 33.6. The van der Waals surface area contributed by atoms with Gasteiger partial charge in [0.1, 0.15) is 8.07 Å². The number of hydrogen-bond acceptors (Lipinski definition) is 4. The summed E-state index contributed by atoms with van der Waals surface area (Å²) in [6.45, 7) is 22.1. The van der Waals surface area contributed by atoms with E-state index < -0.39 is 8.07 Å². The van der Waals surface area contributed by atoms with Gasteiger partial charge < -0.3 is 18.6 Å². The van der Waals surface area contributed by atoms with Crippen LogP contribution in [0.15, 0.2) is 36.4 Å². The van der Waals surface area contributed by atoms with Crippen LogP contribution in [0.25, 0.3) is 11.1 Å². The van der Waals surface area contributed by atoms with Crippen molar-refractivity contribution in [1.82, 2.24) is 0 Å². The van der Waals surface area contributed by atoms with Crippen LogP contribution in [-0.4, -0.2) is 44.7 Å². The first kappa shape index (κ1) is 60.5. The van der Waals surface area contributed by atoms with Crippen molar-refractivity contribution < 1.29 is 18.6 Å². The van der Waals surface area contributed by atoms with Gasteiger partial charge in [0.25, 0.3) is 0 Å². The van der Waals surface area contributed by atoms with Crippen molar-refractivity contribution in [3.8, 4) is 11.1 Å². The van der Waals surface area contributed by atoms with Gasteiger partial charge in [-0.25, -0.2) is 0 Å². The highest BCUT2D eigenvalue weighted by molar-refractivity contribution is 7.06. The van der Waals surface area contributed by atoms with Crippen molar-refractivity contribution >= 4 is 43.6 Å². The average Bonchev–Trinajstić information content (AvgIpc) is 3.83. The quantitative estimate of drug-likeness (QED) is 0.0492. The van der Waals surface area contributed by atoms with Gasteiger partial charge in [-0.2, -0.15) is 0 Å². The van der Waals surface area contributed by atoms with Crippen molar-refractivity contribution in [1.29, 1.82) is 0 Å². The van der Waals surface area contributed by atoms with Crippen LogP contribution in [0.1, 0.15) is 300 Å². The zero-order valence-corrected chi connectivity index (χ0v) is 49.6. The number of benzene rings is 2. The van der Waals surface area contributed by atoms with Crippen LogP contribution in [-0.2, 0) is 18.6 Å². The van der Waals surface area contributed by atoms with Crippen molar-refractivity contribution in [3.05, 3.63) is 36.4 Å². The zero-order chi connectivity index (χ0) is 51.1. The van der Waals surface area contributed by atoms with Gasteiger partial charge in [-0.05, 0) is 99.9 Å². The van der Waals surface area contributed by atoms with E-state index in [1.165, 1.54) is 265 Å². The van der Waals surface area contributed by atoms with Gasteiger partial charge in [0.05, 0.1) is 22.4 Å². The molecule has 3 heterocycles. The largest absolute Gasteiger partial charge is 0.494 e. The Bertz CT molecular complexity index is 1610. The third-order valence-electron chi connectivity index (χ3n) is 18.4. The standard InChI is InChI=1S/C64H112B2O4Si/c1-11-13-15-17-19-21-23-25-27-29-31-33-35-37-39-41-43-45-51-71(52-46-44-42-40-38-36-34-32-30-28-26-24-22-20-18-16-14-12-2)59-53-55(65-67-61(3,4)62(5,6)68-65)47-49-57(59)58-50-48-56(54-60(58)71)66-69-63(7,8)64(9,10)70-66/h47-50,53-54H,11-46,51-52H2,1-10H3. The van der Waals surface area contributed by atoms with E-state index in [4.69, 9.17) is 18.6 Å². The molecule has 7 heteroatoms. The molecule has 0 radical (unpaired) electrons. The molecule has 0 atom stereocenters. The molecule has 0 saturated carbocycles. The lowest BCUT2D eigenvalue weighted by molar-refractivity contribution is 0.00578. The minimum atomic E-state index is -2.22. The predicted octanol–water partition coefficient (Wildman–Crippen LogP) is 17.9. The molecule has 3 aliphatic heterocycles. The molecule has 0 bridgehead atoms. The highest BCUT2D eigenvalue weighted by atomic mass is 28.3. The summed E-state index contributed by atoms with van der Waals surface area (Å²) in [4.78, 5) is 0. The monoisotopic (exact) mass is 995 g/mol. The van der Waals surface area contributed by atoms with Crippen LogP contribution in [0, 0.1) is 0 Å². The summed E-state index contributed by atoms with van der Waals surface area (Å²) in [5, 5.41) is 3.26. The Kier molecular flexibility index (Phi) is 26.4. The Hall–Kier alpha value is -1.37. The summed E-state index contributed by atoms with van der Waals surface area (Å²) in [7, 11) is -2.93. The van der Waals surface area contributed by atoms with E-state index in [2.05, 4.69) is 106 Å². The molecule has 5 rings (SSSR count). The molecule has 2 aromatic rings. The lowest BCUT2D eigenvalue weighted by Gasteiger charge is -2.32. The lowest BCUT2D eigenvalue weighted by atomic mass is 9.77. The molecular formula is C64H112B2O4Si. The molecule has 4 nitrogen and oxygen atoms in total. The zero-order valence-electron chi connectivity index (χ0n) is 48.6. The average molecular weight is 995 g/mol. The minimum Gasteiger partial charge on any atom is -0.399 e. The smallest absolute Gasteiger partial charge is 0.399 e. The number of unbranched alkanes of at least 4 members (excludes halogenated alkanes) is 34. The van der Waals surface area contributed by atoms with Crippen LogP contribution in [0.4, 0.5) is 0 Å². The summed E-state index contributed by atoms with van der Waals surface area (Å²) in [6, 6.07) is 17.2.